The van der Waals surface area contributed by atoms with Gasteiger partial charge in [0.2, 0.25) is 0 Å². The molecule has 4 nitrogen and oxygen atoms in total. The molecule has 0 N–H and O–H groups in total. The van der Waals surface area contributed by atoms with Crippen molar-refractivity contribution in [1.82, 2.24) is 9.80 Å². The van der Waals surface area contributed by atoms with Gasteiger partial charge in [-0.25, -0.2) is 0 Å². The third-order valence-corrected chi connectivity index (χ3v) is 5.70. The van der Waals surface area contributed by atoms with E-state index >= 15 is 0 Å². The molecule has 0 atom stereocenters. The van der Waals surface area contributed by atoms with Gasteiger partial charge in [0, 0.05) is 19.6 Å². The zero-order valence-electron chi connectivity index (χ0n) is 16.4. The van der Waals surface area contributed by atoms with Gasteiger partial charge in [0.25, 0.3) is 11.8 Å². The number of hydrogen-bond donors (Lipinski definition) is 0. The van der Waals surface area contributed by atoms with Crippen LogP contribution in [0.5, 0.6) is 0 Å². The van der Waals surface area contributed by atoms with Crippen LogP contribution >= 0.6 is 0 Å². The van der Waals surface area contributed by atoms with Crippen molar-refractivity contribution in [3.05, 3.63) is 88.6 Å². The van der Waals surface area contributed by atoms with Crippen molar-refractivity contribution < 1.29 is 9.59 Å². The first-order valence-electron chi connectivity index (χ1n) is 9.62. The van der Waals surface area contributed by atoms with Crippen molar-refractivity contribution in [3.63, 3.8) is 0 Å². The lowest BCUT2D eigenvalue weighted by Crippen LogP contribution is -2.37. The van der Waals surface area contributed by atoms with Gasteiger partial charge in [0.15, 0.2) is 0 Å². The summed E-state index contributed by atoms with van der Waals surface area (Å²) in [6, 6.07) is 14.3. The summed E-state index contributed by atoms with van der Waals surface area (Å²) in [5, 5.41) is 0. The van der Waals surface area contributed by atoms with E-state index in [-0.39, 0.29) is 18.4 Å². The number of benzene rings is 2. The van der Waals surface area contributed by atoms with E-state index in [2.05, 4.69) is 23.6 Å². The normalized spacial score (nSPS) is 16.6. The molecule has 0 unspecified atom stereocenters. The molecule has 142 valence electrons. The number of fused-ring (bicyclic) bond motifs is 1. The molecule has 0 saturated heterocycles. The summed E-state index contributed by atoms with van der Waals surface area (Å²) < 4.78 is 0. The Kier molecular flexibility index (Phi) is 4.63. The Labute approximate surface area is 165 Å². The number of carbonyl (C=O) groups excluding carboxylic acids is 2. The van der Waals surface area contributed by atoms with Crippen molar-refractivity contribution >= 4 is 17.4 Å². The van der Waals surface area contributed by atoms with E-state index in [4.69, 9.17) is 0 Å². The van der Waals surface area contributed by atoms with E-state index < -0.39 is 0 Å². The second-order valence-corrected chi connectivity index (χ2v) is 7.47. The fraction of sp³-hybridized carbons (Fsp3) is 0.250. The summed E-state index contributed by atoms with van der Waals surface area (Å²) in [5.41, 5.74) is 6.63. The summed E-state index contributed by atoms with van der Waals surface area (Å²) in [6.07, 6.45) is 2.46. The molecular weight excluding hydrogens is 348 g/mol. The molecule has 0 fully saturated rings. The SMILES string of the molecule is C=CCN1C(=O)C(c2ccc(C)c(C)c2)=C(N2CCc3ccccc3C2)C1=O. The van der Waals surface area contributed by atoms with E-state index in [1.54, 1.807) is 6.08 Å². The Morgan fingerprint density at radius 1 is 1.00 bits per heavy atom. The molecule has 0 radical (unpaired) electrons. The molecule has 0 aromatic heterocycles. The summed E-state index contributed by atoms with van der Waals surface area (Å²) >= 11 is 0. The minimum Gasteiger partial charge on any atom is -0.362 e. The maximum Gasteiger partial charge on any atom is 0.278 e. The van der Waals surface area contributed by atoms with Crippen LogP contribution in [0.15, 0.2) is 60.8 Å². The molecule has 2 aromatic rings. The predicted octanol–water partition coefficient (Wildman–Crippen LogP) is 3.63. The highest BCUT2D eigenvalue weighted by Gasteiger charge is 2.41. The lowest BCUT2D eigenvalue weighted by molar-refractivity contribution is -0.136. The quantitative estimate of drug-likeness (QED) is 0.608. The van der Waals surface area contributed by atoms with Gasteiger partial charge in [-0.1, -0.05) is 48.5 Å². The Morgan fingerprint density at radius 2 is 1.75 bits per heavy atom. The highest BCUT2D eigenvalue weighted by atomic mass is 16.2. The van der Waals surface area contributed by atoms with E-state index in [0.717, 1.165) is 29.7 Å². The largest absolute Gasteiger partial charge is 0.362 e. The topological polar surface area (TPSA) is 40.6 Å². The molecule has 2 aromatic carbocycles. The Morgan fingerprint density at radius 3 is 2.46 bits per heavy atom. The van der Waals surface area contributed by atoms with Crippen LogP contribution in [0, 0.1) is 13.8 Å². The zero-order valence-corrected chi connectivity index (χ0v) is 16.4. The first kappa shape index (κ1) is 18.2. The maximum absolute atomic E-state index is 13.2. The predicted molar refractivity (Wildman–Crippen MR) is 110 cm³/mol. The molecule has 28 heavy (non-hydrogen) atoms. The molecule has 0 spiro atoms. The standard InChI is InChI=1S/C24H24N2O2/c1-4-12-26-23(27)21(19-10-9-16(2)17(3)14-19)22(24(26)28)25-13-11-18-7-5-6-8-20(18)15-25/h4-10,14H,1,11-13,15H2,2-3H3. The third kappa shape index (κ3) is 2.95. The van der Waals surface area contributed by atoms with E-state index in [1.807, 2.05) is 44.2 Å². The van der Waals surface area contributed by atoms with Crippen molar-refractivity contribution in [2.24, 2.45) is 0 Å². The zero-order chi connectivity index (χ0) is 19.8. The molecule has 0 aliphatic carbocycles. The Hall–Kier alpha value is -3.14. The molecule has 2 aliphatic heterocycles. The van der Waals surface area contributed by atoms with Crippen molar-refractivity contribution in [1.29, 1.82) is 0 Å². The molecule has 4 rings (SSSR count). The molecule has 2 heterocycles. The fourth-order valence-corrected chi connectivity index (χ4v) is 4.00. The lowest BCUT2D eigenvalue weighted by Gasteiger charge is -2.31. The van der Waals surface area contributed by atoms with Crippen LogP contribution in [0.3, 0.4) is 0 Å². The van der Waals surface area contributed by atoms with Crippen molar-refractivity contribution in [3.8, 4) is 0 Å². The number of amides is 2. The van der Waals surface area contributed by atoms with Gasteiger partial charge in [-0.3, -0.25) is 14.5 Å². The minimum absolute atomic E-state index is 0.222. The number of nitrogens with zero attached hydrogens (tertiary/aromatic N) is 2. The van der Waals surface area contributed by atoms with Gasteiger partial charge >= 0.3 is 0 Å². The maximum atomic E-state index is 13.2. The number of imide groups is 1. The molecule has 2 aliphatic rings. The molecule has 0 saturated carbocycles. The Balaban J connectivity index is 1.82. The molecule has 4 heteroatoms. The van der Waals surface area contributed by atoms with Gasteiger partial charge in [-0.2, -0.15) is 0 Å². The van der Waals surface area contributed by atoms with Gasteiger partial charge in [0.1, 0.15) is 5.70 Å². The summed E-state index contributed by atoms with van der Waals surface area (Å²) in [4.78, 5) is 29.7. The highest BCUT2D eigenvalue weighted by molar-refractivity contribution is 6.35. The molecular formula is C24H24N2O2. The van der Waals surface area contributed by atoms with Crippen LogP contribution in [0.25, 0.3) is 5.57 Å². The van der Waals surface area contributed by atoms with Crippen LogP contribution < -0.4 is 0 Å². The van der Waals surface area contributed by atoms with E-state index in [1.165, 1.54) is 16.0 Å². The third-order valence-electron chi connectivity index (χ3n) is 5.70. The second kappa shape index (κ2) is 7.12. The van der Waals surface area contributed by atoms with Gasteiger partial charge < -0.3 is 4.90 Å². The van der Waals surface area contributed by atoms with Crippen LogP contribution in [0.4, 0.5) is 0 Å². The lowest BCUT2D eigenvalue weighted by atomic mass is 9.96. The average Bonchev–Trinajstić information content (AvgIpc) is 2.95. The van der Waals surface area contributed by atoms with Crippen LogP contribution in [-0.4, -0.2) is 34.7 Å². The van der Waals surface area contributed by atoms with Gasteiger partial charge in [0.05, 0.1) is 5.57 Å². The summed E-state index contributed by atoms with van der Waals surface area (Å²) in [7, 11) is 0. The number of hydrogen-bond acceptors (Lipinski definition) is 3. The minimum atomic E-state index is -0.234. The first-order chi connectivity index (χ1) is 13.5. The smallest absolute Gasteiger partial charge is 0.278 e. The van der Waals surface area contributed by atoms with E-state index in [0.29, 0.717) is 17.8 Å². The van der Waals surface area contributed by atoms with Crippen molar-refractivity contribution in [2.45, 2.75) is 26.8 Å². The fourth-order valence-electron chi connectivity index (χ4n) is 4.00. The van der Waals surface area contributed by atoms with E-state index in [9.17, 15) is 9.59 Å². The highest BCUT2D eigenvalue weighted by Crippen LogP contribution is 2.34. The number of rotatable bonds is 4. The summed E-state index contributed by atoms with van der Waals surface area (Å²) in [6.45, 7) is 9.36. The van der Waals surface area contributed by atoms with Crippen LogP contribution in [0.1, 0.15) is 27.8 Å². The van der Waals surface area contributed by atoms with Crippen molar-refractivity contribution in [2.75, 3.05) is 13.1 Å². The van der Waals surface area contributed by atoms with Crippen LogP contribution in [-0.2, 0) is 22.6 Å². The van der Waals surface area contributed by atoms with Gasteiger partial charge in [-0.05, 0) is 48.1 Å². The first-order valence-corrected chi connectivity index (χ1v) is 9.62. The molecule has 2 amide bonds. The summed E-state index contributed by atoms with van der Waals surface area (Å²) in [5.74, 6) is -0.459. The number of carbonyl (C=O) groups is 2. The Bertz CT molecular complexity index is 1020. The molecule has 0 bridgehead atoms. The monoisotopic (exact) mass is 372 g/mol. The second-order valence-electron chi connectivity index (χ2n) is 7.47. The average molecular weight is 372 g/mol. The van der Waals surface area contributed by atoms with Crippen LogP contribution in [0.2, 0.25) is 0 Å². The number of aryl methyl sites for hydroxylation is 2. The van der Waals surface area contributed by atoms with Gasteiger partial charge in [-0.15, -0.1) is 6.58 Å².